The molecule has 4 rings (SSSR count). The molecule has 1 aliphatic heterocycles. The number of nitrogens with one attached hydrogen (secondary N) is 2. The lowest BCUT2D eigenvalue weighted by atomic mass is 9.99. The molecular weight excluding hydrogens is 673 g/mol. The predicted octanol–water partition coefficient (Wildman–Crippen LogP) is 3.19. The predicted molar refractivity (Wildman–Crippen MR) is 174 cm³/mol. The van der Waals surface area contributed by atoms with Gasteiger partial charge < -0.3 is 40.5 Å². The molecule has 0 radical (unpaired) electrons. The number of carbonyl (C=O) groups excluding carboxylic acids is 1. The average molecular weight is 706 g/mol. The number of aliphatic carboxylic acids is 4. The number of fused-ring (bicyclic) bond motifs is 1. The second-order valence-electron chi connectivity index (χ2n) is 9.86. The van der Waals surface area contributed by atoms with E-state index in [2.05, 4.69) is 20.6 Å². The van der Waals surface area contributed by atoms with Crippen molar-refractivity contribution >= 4 is 63.8 Å². The molecule has 16 nitrogen and oxygen atoms in total. The number of benzene rings is 2. The summed E-state index contributed by atoms with van der Waals surface area (Å²) in [6, 6.07) is 7.95. The number of amides is 1. The van der Waals surface area contributed by atoms with Crippen molar-refractivity contribution in [2.75, 3.05) is 33.1 Å². The highest BCUT2D eigenvalue weighted by Gasteiger charge is 2.32. The molecule has 1 aromatic heterocycles. The Morgan fingerprint density at radius 3 is 2.08 bits per heavy atom. The number of aromatic nitrogens is 2. The SMILES string of the molecule is CNC(=O)[C@H]1C[C@H](Oc2cc3c(Nc4cccc(Cl)c4F)ncnc3cc2OC)CCN1C.O=C(O)/C=C\C(=O)O.O=C(O)/C=C\C(=O)O. The van der Waals surface area contributed by atoms with Gasteiger partial charge in [0.05, 0.1) is 29.4 Å². The minimum Gasteiger partial charge on any atom is -0.493 e. The topological polar surface area (TPSA) is 238 Å². The van der Waals surface area contributed by atoms with Crippen LogP contribution in [0, 0.1) is 5.82 Å². The van der Waals surface area contributed by atoms with Crippen molar-refractivity contribution in [2.45, 2.75) is 25.0 Å². The van der Waals surface area contributed by atoms with Crippen LogP contribution >= 0.6 is 11.6 Å². The van der Waals surface area contributed by atoms with E-state index in [4.69, 9.17) is 41.5 Å². The smallest absolute Gasteiger partial charge is 0.328 e. The molecule has 1 fully saturated rings. The van der Waals surface area contributed by atoms with Crippen molar-refractivity contribution in [3.63, 3.8) is 0 Å². The molecule has 0 bridgehead atoms. The van der Waals surface area contributed by atoms with Crippen LogP contribution in [0.4, 0.5) is 15.9 Å². The molecule has 262 valence electrons. The number of likely N-dealkylation sites (tertiary alicyclic amines) is 1. The number of ether oxygens (including phenoxy) is 2. The molecule has 1 aliphatic rings. The van der Waals surface area contributed by atoms with Gasteiger partial charge in [0.15, 0.2) is 17.3 Å². The number of carbonyl (C=O) groups is 5. The third-order valence-corrected chi connectivity index (χ3v) is 6.82. The van der Waals surface area contributed by atoms with Crippen LogP contribution < -0.4 is 20.1 Å². The van der Waals surface area contributed by atoms with Crippen LogP contribution in [0.3, 0.4) is 0 Å². The molecule has 18 heteroatoms. The maximum Gasteiger partial charge on any atom is 0.328 e. The van der Waals surface area contributed by atoms with E-state index in [1.54, 1.807) is 38.4 Å². The third-order valence-electron chi connectivity index (χ3n) is 6.53. The van der Waals surface area contributed by atoms with Gasteiger partial charge in [-0.25, -0.2) is 33.5 Å². The van der Waals surface area contributed by atoms with Gasteiger partial charge in [0.2, 0.25) is 5.91 Å². The Kier molecular flexibility index (Phi) is 15.4. The molecule has 0 aliphatic carbocycles. The zero-order chi connectivity index (χ0) is 36.7. The molecule has 2 aromatic carbocycles. The second-order valence-corrected chi connectivity index (χ2v) is 10.3. The van der Waals surface area contributed by atoms with Gasteiger partial charge in [-0.15, -0.1) is 0 Å². The summed E-state index contributed by atoms with van der Waals surface area (Å²) in [5.41, 5.74) is 0.801. The monoisotopic (exact) mass is 705 g/mol. The standard InChI is InChI=1S/C23H25ClFN5O3.2C4H4O4/c1-26-23(31)18-9-13(7-8-30(18)2)33-20-10-14-17(11-19(20)32-3)27-12-28-22(14)29-16-6-4-5-15(24)21(16)25;2*5-3(6)1-2-4(7)8/h4-6,10-13,18H,7-9H2,1-3H3,(H,26,31)(H,27,28,29);2*1-2H,(H,5,6)(H,7,8)/b;2*2-1-/t13-,18-;;/m1../s1. The van der Waals surface area contributed by atoms with Crippen LogP contribution in [0.2, 0.25) is 5.02 Å². The molecule has 2 atom stereocenters. The number of anilines is 2. The minimum atomic E-state index is -1.26. The summed E-state index contributed by atoms with van der Waals surface area (Å²) in [4.78, 5) is 61.1. The van der Waals surface area contributed by atoms with E-state index in [1.807, 2.05) is 11.9 Å². The Balaban J connectivity index is 0.000000432. The Morgan fingerprint density at radius 2 is 1.55 bits per heavy atom. The molecule has 49 heavy (non-hydrogen) atoms. The fourth-order valence-electron chi connectivity index (χ4n) is 4.24. The van der Waals surface area contributed by atoms with Gasteiger partial charge in [0.1, 0.15) is 18.2 Å². The van der Waals surface area contributed by atoms with Crippen molar-refractivity contribution in [1.29, 1.82) is 0 Å². The maximum atomic E-state index is 14.4. The van der Waals surface area contributed by atoms with Crippen molar-refractivity contribution in [3.8, 4) is 11.5 Å². The van der Waals surface area contributed by atoms with Crippen LogP contribution in [-0.4, -0.2) is 105 Å². The van der Waals surface area contributed by atoms with Crippen LogP contribution in [0.1, 0.15) is 12.8 Å². The normalized spacial score (nSPS) is 15.7. The number of rotatable bonds is 10. The summed E-state index contributed by atoms with van der Waals surface area (Å²) in [5.74, 6) is -4.22. The molecule has 0 saturated carbocycles. The lowest BCUT2D eigenvalue weighted by molar-refractivity contribution is -0.134. The summed E-state index contributed by atoms with van der Waals surface area (Å²) in [7, 11) is 5.11. The van der Waals surface area contributed by atoms with Gasteiger partial charge >= 0.3 is 23.9 Å². The van der Waals surface area contributed by atoms with Gasteiger partial charge in [-0.2, -0.15) is 0 Å². The fraction of sp³-hybridized carbons (Fsp3) is 0.258. The van der Waals surface area contributed by atoms with E-state index < -0.39 is 29.7 Å². The lowest BCUT2D eigenvalue weighted by Gasteiger charge is -2.36. The zero-order valence-corrected chi connectivity index (χ0v) is 27.0. The van der Waals surface area contributed by atoms with Gasteiger partial charge in [-0.1, -0.05) is 17.7 Å². The molecule has 1 saturated heterocycles. The zero-order valence-electron chi connectivity index (χ0n) is 26.3. The van der Waals surface area contributed by atoms with Gasteiger partial charge in [0.25, 0.3) is 0 Å². The second kappa shape index (κ2) is 19.1. The van der Waals surface area contributed by atoms with Crippen LogP contribution in [0.5, 0.6) is 11.5 Å². The average Bonchev–Trinajstić information content (AvgIpc) is 3.06. The van der Waals surface area contributed by atoms with Crippen LogP contribution in [0.15, 0.2) is 61.0 Å². The highest BCUT2D eigenvalue weighted by Crippen LogP contribution is 2.37. The van der Waals surface area contributed by atoms with Gasteiger partial charge in [-0.3, -0.25) is 9.69 Å². The Hall–Kier alpha value is -5.81. The maximum absolute atomic E-state index is 14.4. The van der Waals surface area contributed by atoms with E-state index in [-0.39, 0.29) is 28.8 Å². The first kappa shape index (κ1) is 39.4. The van der Waals surface area contributed by atoms with Crippen LogP contribution in [-0.2, 0) is 24.0 Å². The first-order chi connectivity index (χ1) is 23.2. The van der Waals surface area contributed by atoms with E-state index in [1.165, 1.54) is 12.4 Å². The van der Waals surface area contributed by atoms with Crippen LogP contribution in [0.25, 0.3) is 10.9 Å². The van der Waals surface area contributed by atoms with E-state index in [0.717, 1.165) is 13.0 Å². The Labute approximate surface area is 283 Å². The number of nitrogens with zero attached hydrogens (tertiary/aromatic N) is 3. The highest BCUT2D eigenvalue weighted by atomic mass is 35.5. The minimum absolute atomic E-state index is 0.0111. The number of likely N-dealkylation sites (N-methyl/N-ethyl adjacent to an activating group) is 2. The summed E-state index contributed by atoms with van der Waals surface area (Å²) in [6.45, 7) is 0.725. The number of hydrogen-bond acceptors (Lipinski definition) is 11. The molecular formula is C31H33ClFN5O11. The van der Waals surface area contributed by atoms with Gasteiger partial charge in [0, 0.05) is 55.8 Å². The van der Waals surface area contributed by atoms with E-state index in [0.29, 0.717) is 58.9 Å². The molecule has 1 amide bonds. The van der Waals surface area contributed by atoms with Crippen molar-refractivity contribution < 1.29 is 58.3 Å². The van der Waals surface area contributed by atoms with Gasteiger partial charge in [-0.05, 0) is 31.7 Å². The number of methoxy groups -OCH3 is 1. The summed E-state index contributed by atoms with van der Waals surface area (Å²) in [6.07, 6.45) is 4.74. The number of halogens is 2. The van der Waals surface area contributed by atoms with E-state index in [9.17, 15) is 28.4 Å². The number of piperidine rings is 1. The van der Waals surface area contributed by atoms with E-state index >= 15 is 0 Å². The first-order valence-corrected chi connectivity index (χ1v) is 14.4. The summed E-state index contributed by atoms with van der Waals surface area (Å²) >= 11 is 5.91. The highest BCUT2D eigenvalue weighted by molar-refractivity contribution is 6.31. The van der Waals surface area contributed by atoms with Crippen molar-refractivity contribution in [3.05, 3.63) is 71.8 Å². The first-order valence-electron chi connectivity index (χ1n) is 14.1. The number of carboxylic acid groups (broad SMARTS) is 4. The Morgan fingerprint density at radius 1 is 0.959 bits per heavy atom. The fourth-order valence-corrected chi connectivity index (χ4v) is 4.41. The molecule has 3 aromatic rings. The molecule has 0 spiro atoms. The Bertz CT molecular complexity index is 1670. The number of hydrogen-bond donors (Lipinski definition) is 6. The van der Waals surface area contributed by atoms with Crippen molar-refractivity contribution in [2.24, 2.45) is 0 Å². The lowest BCUT2D eigenvalue weighted by Crippen LogP contribution is -2.51. The van der Waals surface area contributed by atoms with Crippen molar-refractivity contribution in [1.82, 2.24) is 20.2 Å². The summed E-state index contributed by atoms with van der Waals surface area (Å²) in [5, 5.41) is 37.6. The molecule has 6 N–H and O–H groups in total. The molecule has 0 unspecified atom stereocenters. The largest absolute Gasteiger partial charge is 0.493 e. The number of carboxylic acids is 4. The molecule has 2 heterocycles. The quantitative estimate of drug-likeness (QED) is 0.166. The summed E-state index contributed by atoms with van der Waals surface area (Å²) < 4.78 is 26.3. The third kappa shape index (κ3) is 12.7.